The summed E-state index contributed by atoms with van der Waals surface area (Å²) in [6.45, 7) is 1.85. The lowest BCUT2D eigenvalue weighted by atomic mass is 10.1. The van der Waals surface area contributed by atoms with Crippen LogP contribution in [0.25, 0.3) is 0 Å². The minimum Gasteiger partial charge on any atom is -0.394 e. The first kappa shape index (κ1) is 15.8. The first-order valence-corrected chi connectivity index (χ1v) is 7.17. The Hall–Kier alpha value is -1.56. The standard InChI is InChI=1S/C14H15Cl2N3O2/c1-9(10-4-2-3-5-11(10)15)18-12-8-17-19(6-7-20)14(21)13(12)16/h2-5,8-9,18,20H,6-7H2,1H3. The SMILES string of the molecule is CC(Nc1cnn(CCO)c(=O)c1Cl)c1ccccc1Cl. The van der Waals surface area contributed by atoms with Crippen LogP contribution in [0.15, 0.2) is 35.3 Å². The Kier molecular flexibility index (Phi) is 5.22. The number of anilines is 1. The summed E-state index contributed by atoms with van der Waals surface area (Å²) in [5.74, 6) is 0. The van der Waals surface area contributed by atoms with E-state index in [-0.39, 0.29) is 24.2 Å². The van der Waals surface area contributed by atoms with Gasteiger partial charge in [0.05, 0.1) is 31.1 Å². The summed E-state index contributed by atoms with van der Waals surface area (Å²) in [7, 11) is 0. The van der Waals surface area contributed by atoms with Crippen LogP contribution in [0.2, 0.25) is 10.0 Å². The fourth-order valence-electron chi connectivity index (χ4n) is 1.96. The number of nitrogens with zero attached hydrogens (tertiary/aromatic N) is 2. The molecule has 21 heavy (non-hydrogen) atoms. The minimum atomic E-state index is -0.443. The molecular formula is C14H15Cl2N3O2. The van der Waals surface area contributed by atoms with Crippen LogP contribution in [0.5, 0.6) is 0 Å². The number of rotatable bonds is 5. The number of aliphatic hydroxyl groups excluding tert-OH is 1. The van der Waals surface area contributed by atoms with Gasteiger partial charge in [-0.1, -0.05) is 41.4 Å². The molecule has 5 nitrogen and oxygen atoms in total. The van der Waals surface area contributed by atoms with Crippen LogP contribution >= 0.6 is 23.2 Å². The molecule has 0 aliphatic heterocycles. The van der Waals surface area contributed by atoms with E-state index in [1.165, 1.54) is 6.20 Å². The van der Waals surface area contributed by atoms with Gasteiger partial charge in [-0.3, -0.25) is 4.79 Å². The highest BCUT2D eigenvalue weighted by Gasteiger charge is 2.14. The van der Waals surface area contributed by atoms with Crippen LogP contribution in [0.4, 0.5) is 5.69 Å². The molecule has 1 aromatic carbocycles. The minimum absolute atomic E-state index is 0.0392. The number of aliphatic hydroxyl groups is 1. The Bertz CT molecular complexity index is 688. The molecule has 1 aromatic heterocycles. The third kappa shape index (κ3) is 3.56. The summed E-state index contributed by atoms with van der Waals surface area (Å²) < 4.78 is 1.12. The Balaban J connectivity index is 2.26. The van der Waals surface area contributed by atoms with Crippen LogP contribution < -0.4 is 10.9 Å². The van der Waals surface area contributed by atoms with E-state index in [4.69, 9.17) is 28.3 Å². The molecule has 2 rings (SSSR count). The monoisotopic (exact) mass is 327 g/mol. The molecule has 1 atom stereocenters. The van der Waals surface area contributed by atoms with Gasteiger partial charge in [0.15, 0.2) is 0 Å². The van der Waals surface area contributed by atoms with Crippen molar-refractivity contribution >= 4 is 28.9 Å². The van der Waals surface area contributed by atoms with E-state index in [0.717, 1.165) is 10.2 Å². The highest BCUT2D eigenvalue weighted by molar-refractivity contribution is 6.33. The van der Waals surface area contributed by atoms with Crippen LogP contribution in [-0.2, 0) is 6.54 Å². The Morgan fingerprint density at radius 1 is 1.38 bits per heavy atom. The highest BCUT2D eigenvalue weighted by atomic mass is 35.5. The average molecular weight is 328 g/mol. The third-order valence-corrected chi connectivity index (χ3v) is 3.75. The van der Waals surface area contributed by atoms with Crippen molar-refractivity contribution in [3.8, 4) is 0 Å². The van der Waals surface area contributed by atoms with Gasteiger partial charge in [-0.15, -0.1) is 0 Å². The van der Waals surface area contributed by atoms with Crippen molar-refractivity contribution in [3.05, 3.63) is 56.4 Å². The van der Waals surface area contributed by atoms with E-state index in [1.807, 2.05) is 25.1 Å². The lowest BCUT2D eigenvalue weighted by molar-refractivity contribution is 0.266. The normalized spacial score (nSPS) is 12.2. The van der Waals surface area contributed by atoms with E-state index in [0.29, 0.717) is 10.7 Å². The second-order valence-corrected chi connectivity index (χ2v) is 5.30. The number of halogens is 2. The molecule has 0 saturated heterocycles. The molecule has 0 fully saturated rings. The van der Waals surface area contributed by atoms with Crippen molar-refractivity contribution in [2.75, 3.05) is 11.9 Å². The highest BCUT2D eigenvalue weighted by Crippen LogP contribution is 2.27. The third-order valence-electron chi connectivity index (χ3n) is 3.04. The topological polar surface area (TPSA) is 67.2 Å². The van der Waals surface area contributed by atoms with Gasteiger partial charge in [0.1, 0.15) is 5.02 Å². The summed E-state index contributed by atoms with van der Waals surface area (Å²) >= 11 is 12.2. The molecule has 2 aromatic rings. The fraction of sp³-hybridized carbons (Fsp3) is 0.286. The zero-order chi connectivity index (χ0) is 15.4. The lowest BCUT2D eigenvalue weighted by Gasteiger charge is -2.17. The van der Waals surface area contributed by atoms with Crippen molar-refractivity contribution in [2.24, 2.45) is 0 Å². The van der Waals surface area contributed by atoms with Crippen molar-refractivity contribution in [1.29, 1.82) is 0 Å². The Morgan fingerprint density at radius 2 is 2.10 bits per heavy atom. The largest absolute Gasteiger partial charge is 0.394 e. The molecule has 0 saturated carbocycles. The summed E-state index contributed by atoms with van der Waals surface area (Å²) in [5.41, 5.74) is 0.889. The molecule has 7 heteroatoms. The predicted molar refractivity (Wildman–Crippen MR) is 84.1 cm³/mol. The van der Waals surface area contributed by atoms with E-state index in [1.54, 1.807) is 6.07 Å². The fourth-order valence-corrected chi connectivity index (χ4v) is 2.46. The molecule has 1 heterocycles. The van der Waals surface area contributed by atoms with Crippen LogP contribution in [-0.4, -0.2) is 21.5 Å². The number of aromatic nitrogens is 2. The predicted octanol–water partition coefficient (Wildman–Crippen LogP) is 2.72. The van der Waals surface area contributed by atoms with Gasteiger partial charge in [-0.05, 0) is 18.6 Å². The zero-order valence-corrected chi connectivity index (χ0v) is 12.9. The number of benzene rings is 1. The summed E-state index contributed by atoms with van der Waals surface area (Å²) in [4.78, 5) is 12.0. The van der Waals surface area contributed by atoms with Crippen LogP contribution in [0, 0.1) is 0 Å². The molecule has 1 unspecified atom stereocenters. The molecule has 0 aliphatic rings. The van der Waals surface area contributed by atoms with Gasteiger partial charge in [-0.25, -0.2) is 4.68 Å². The van der Waals surface area contributed by atoms with E-state index < -0.39 is 5.56 Å². The second-order valence-electron chi connectivity index (χ2n) is 4.51. The van der Waals surface area contributed by atoms with Gasteiger partial charge in [0.2, 0.25) is 0 Å². The number of hydrogen-bond donors (Lipinski definition) is 2. The Morgan fingerprint density at radius 3 is 2.76 bits per heavy atom. The van der Waals surface area contributed by atoms with Crippen LogP contribution in [0.1, 0.15) is 18.5 Å². The van der Waals surface area contributed by atoms with Gasteiger partial charge in [-0.2, -0.15) is 5.10 Å². The first-order chi connectivity index (χ1) is 10.0. The Labute approximate surface area is 132 Å². The molecule has 0 bridgehead atoms. The van der Waals surface area contributed by atoms with Gasteiger partial charge in [0.25, 0.3) is 5.56 Å². The van der Waals surface area contributed by atoms with Crippen molar-refractivity contribution in [1.82, 2.24) is 9.78 Å². The maximum atomic E-state index is 12.0. The smallest absolute Gasteiger partial charge is 0.287 e. The van der Waals surface area contributed by atoms with Gasteiger partial charge >= 0.3 is 0 Å². The molecule has 112 valence electrons. The molecule has 0 spiro atoms. The maximum Gasteiger partial charge on any atom is 0.287 e. The van der Waals surface area contributed by atoms with E-state index in [9.17, 15) is 4.79 Å². The molecular weight excluding hydrogens is 313 g/mol. The van der Waals surface area contributed by atoms with Gasteiger partial charge in [0, 0.05) is 5.02 Å². The van der Waals surface area contributed by atoms with E-state index in [2.05, 4.69) is 10.4 Å². The zero-order valence-electron chi connectivity index (χ0n) is 11.4. The number of nitrogens with one attached hydrogen (secondary N) is 1. The van der Waals surface area contributed by atoms with Crippen molar-refractivity contribution in [3.63, 3.8) is 0 Å². The summed E-state index contributed by atoms with van der Waals surface area (Å²) in [6, 6.07) is 7.30. The summed E-state index contributed by atoms with van der Waals surface area (Å²) in [6.07, 6.45) is 1.47. The van der Waals surface area contributed by atoms with Crippen LogP contribution in [0.3, 0.4) is 0 Å². The lowest BCUT2D eigenvalue weighted by Crippen LogP contribution is -2.26. The molecule has 0 radical (unpaired) electrons. The van der Waals surface area contributed by atoms with Crippen molar-refractivity contribution < 1.29 is 5.11 Å². The van der Waals surface area contributed by atoms with Crippen molar-refractivity contribution in [2.45, 2.75) is 19.5 Å². The van der Waals surface area contributed by atoms with E-state index >= 15 is 0 Å². The molecule has 0 amide bonds. The maximum absolute atomic E-state index is 12.0. The van der Waals surface area contributed by atoms with Gasteiger partial charge < -0.3 is 10.4 Å². The second kappa shape index (κ2) is 6.93. The first-order valence-electron chi connectivity index (χ1n) is 6.42. The summed E-state index contributed by atoms with van der Waals surface area (Å²) in [5, 5.41) is 16.6. The number of hydrogen-bond acceptors (Lipinski definition) is 4. The quantitative estimate of drug-likeness (QED) is 0.886. The average Bonchev–Trinajstić information content (AvgIpc) is 2.47. The molecule has 2 N–H and O–H groups in total. The molecule has 0 aliphatic carbocycles.